The molecule has 0 saturated heterocycles. The van der Waals surface area contributed by atoms with Crippen LogP contribution in [0.5, 0.6) is 11.6 Å². The smallest absolute Gasteiger partial charge is 0.225 e. The lowest BCUT2D eigenvalue weighted by Crippen LogP contribution is -1.93. The van der Waals surface area contributed by atoms with Crippen molar-refractivity contribution in [3.8, 4) is 11.6 Å². The second kappa shape index (κ2) is 4.22. The molecule has 0 unspecified atom stereocenters. The Bertz CT molecular complexity index is 517. The van der Waals surface area contributed by atoms with E-state index >= 15 is 0 Å². The first-order valence-corrected chi connectivity index (χ1v) is 4.57. The molecule has 0 atom stereocenters. The van der Waals surface area contributed by atoms with Crippen LogP contribution in [0.2, 0.25) is 0 Å². The van der Waals surface area contributed by atoms with Crippen molar-refractivity contribution in [2.45, 2.75) is 6.92 Å². The molecule has 0 bridgehead atoms. The molecule has 0 radical (unpaired) electrons. The van der Waals surface area contributed by atoms with Crippen LogP contribution in [-0.2, 0) is 0 Å². The van der Waals surface area contributed by atoms with E-state index in [2.05, 4.69) is 9.97 Å². The summed E-state index contributed by atoms with van der Waals surface area (Å²) in [6, 6.07) is 5.39. The van der Waals surface area contributed by atoms with Crippen LogP contribution in [-0.4, -0.2) is 9.97 Å². The van der Waals surface area contributed by atoms with E-state index in [0.717, 1.165) is 18.0 Å². The van der Waals surface area contributed by atoms with Crippen LogP contribution in [0.3, 0.4) is 0 Å². The summed E-state index contributed by atoms with van der Waals surface area (Å²) in [5.41, 5.74) is 0.839. The molecule has 16 heavy (non-hydrogen) atoms. The fourth-order valence-corrected chi connectivity index (χ4v) is 1.17. The highest BCUT2D eigenvalue weighted by molar-refractivity contribution is 5.32. The molecule has 0 saturated carbocycles. The molecule has 1 heterocycles. The van der Waals surface area contributed by atoms with E-state index in [9.17, 15) is 8.78 Å². The Morgan fingerprint density at radius 3 is 2.69 bits per heavy atom. The Balaban J connectivity index is 2.30. The monoisotopic (exact) mass is 222 g/mol. The van der Waals surface area contributed by atoms with Gasteiger partial charge >= 0.3 is 0 Å². The normalized spacial score (nSPS) is 10.2. The molecule has 82 valence electrons. The van der Waals surface area contributed by atoms with Crippen molar-refractivity contribution < 1.29 is 13.5 Å². The van der Waals surface area contributed by atoms with Crippen LogP contribution >= 0.6 is 0 Å². The zero-order valence-electron chi connectivity index (χ0n) is 8.45. The lowest BCUT2D eigenvalue weighted by molar-refractivity contribution is 0.419. The molecular formula is C11H8F2N2O. The topological polar surface area (TPSA) is 35.0 Å². The third kappa shape index (κ3) is 2.31. The van der Waals surface area contributed by atoms with Gasteiger partial charge in [-0.15, -0.1) is 0 Å². The molecule has 0 N–H and O–H groups in total. The van der Waals surface area contributed by atoms with E-state index in [1.807, 2.05) is 0 Å². The Morgan fingerprint density at radius 2 is 1.94 bits per heavy atom. The number of hydrogen-bond donors (Lipinski definition) is 0. The molecule has 2 aromatic rings. The van der Waals surface area contributed by atoms with Gasteiger partial charge in [-0.2, -0.15) is 4.39 Å². The molecule has 0 spiro atoms. The minimum absolute atomic E-state index is 0.0121. The summed E-state index contributed by atoms with van der Waals surface area (Å²) in [6.07, 6.45) is 1.01. The molecular weight excluding hydrogens is 214 g/mol. The summed E-state index contributed by atoms with van der Waals surface area (Å²) in [4.78, 5) is 6.94. The molecule has 0 aliphatic heterocycles. The van der Waals surface area contributed by atoms with Gasteiger partial charge in [-0.1, -0.05) is 6.07 Å². The Labute approximate surface area is 90.7 Å². The number of aryl methyl sites for hydroxylation is 1. The van der Waals surface area contributed by atoms with Gasteiger partial charge in [0.1, 0.15) is 6.33 Å². The van der Waals surface area contributed by atoms with Crippen molar-refractivity contribution in [1.29, 1.82) is 0 Å². The number of hydrogen-bond acceptors (Lipinski definition) is 3. The number of aromatic nitrogens is 2. The first-order chi connectivity index (χ1) is 7.65. The first-order valence-electron chi connectivity index (χ1n) is 4.57. The van der Waals surface area contributed by atoms with Gasteiger partial charge in [0.25, 0.3) is 0 Å². The van der Waals surface area contributed by atoms with E-state index in [1.54, 1.807) is 13.0 Å². The van der Waals surface area contributed by atoms with Crippen LogP contribution in [0.15, 0.2) is 30.6 Å². The van der Waals surface area contributed by atoms with Gasteiger partial charge in [0.15, 0.2) is 11.6 Å². The zero-order valence-corrected chi connectivity index (χ0v) is 8.45. The van der Waals surface area contributed by atoms with Crippen LogP contribution in [0, 0.1) is 18.7 Å². The van der Waals surface area contributed by atoms with Gasteiger partial charge in [-0.25, -0.2) is 14.4 Å². The summed E-state index contributed by atoms with van der Waals surface area (Å²) in [6.45, 7) is 1.80. The van der Waals surface area contributed by atoms with Crippen molar-refractivity contribution in [2.24, 2.45) is 0 Å². The fraction of sp³-hybridized carbons (Fsp3) is 0.0909. The SMILES string of the molecule is Cc1ccc(F)c(Oc2cc(F)ncn2)c1. The van der Waals surface area contributed by atoms with Crippen molar-refractivity contribution in [3.05, 3.63) is 47.9 Å². The fourth-order valence-electron chi connectivity index (χ4n) is 1.17. The van der Waals surface area contributed by atoms with Gasteiger partial charge in [-0.05, 0) is 24.6 Å². The van der Waals surface area contributed by atoms with Gasteiger partial charge in [0, 0.05) is 0 Å². The highest BCUT2D eigenvalue weighted by atomic mass is 19.1. The minimum Gasteiger partial charge on any atom is -0.436 e. The van der Waals surface area contributed by atoms with Crippen molar-refractivity contribution in [1.82, 2.24) is 9.97 Å². The maximum atomic E-state index is 13.3. The van der Waals surface area contributed by atoms with Crippen LogP contribution in [0.4, 0.5) is 8.78 Å². The molecule has 0 aliphatic carbocycles. The van der Waals surface area contributed by atoms with Crippen molar-refractivity contribution >= 4 is 0 Å². The number of benzene rings is 1. The Kier molecular flexibility index (Phi) is 2.76. The summed E-state index contributed by atoms with van der Waals surface area (Å²) < 4.78 is 31.1. The highest BCUT2D eigenvalue weighted by Crippen LogP contribution is 2.23. The second-order valence-electron chi connectivity index (χ2n) is 3.21. The molecule has 3 nitrogen and oxygen atoms in total. The molecule has 1 aromatic carbocycles. The summed E-state index contributed by atoms with van der Waals surface area (Å²) in [5, 5.41) is 0. The van der Waals surface area contributed by atoms with E-state index in [1.165, 1.54) is 12.1 Å². The summed E-state index contributed by atoms with van der Waals surface area (Å²) in [5.74, 6) is -1.27. The van der Waals surface area contributed by atoms with E-state index in [4.69, 9.17) is 4.74 Å². The molecule has 5 heteroatoms. The third-order valence-corrected chi connectivity index (χ3v) is 1.91. The third-order valence-electron chi connectivity index (χ3n) is 1.91. The van der Waals surface area contributed by atoms with E-state index in [0.29, 0.717) is 0 Å². The molecule has 1 aromatic heterocycles. The van der Waals surface area contributed by atoms with E-state index in [-0.39, 0.29) is 11.6 Å². The Morgan fingerprint density at radius 1 is 1.12 bits per heavy atom. The molecule has 0 aliphatic rings. The predicted molar refractivity (Wildman–Crippen MR) is 53.2 cm³/mol. The van der Waals surface area contributed by atoms with Gasteiger partial charge in [-0.3, -0.25) is 0 Å². The van der Waals surface area contributed by atoms with Crippen LogP contribution < -0.4 is 4.74 Å². The molecule has 0 fully saturated rings. The second-order valence-corrected chi connectivity index (χ2v) is 3.21. The maximum absolute atomic E-state index is 13.3. The standard InChI is InChI=1S/C11H8F2N2O/c1-7-2-3-8(12)9(4-7)16-11-5-10(13)14-6-15-11/h2-6H,1H3. The zero-order chi connectivity index (χ0) is 11.5. The van der Waals surface area contributed by atoms with Crippen molar-refractivity contribution in [3.63, 3.8) is 0 Å². The number of nitrogens with zero attached hydrogens (tertiary/aromatic N) is 2. The largest absolute Gasteiger partial charge is 0.436 e. The van der Waals surface area contributed by atoms with Crippen molar-refractivity contribution in [2.75, 3.05) is 0 Å². The summed E-state index contributed by atoms with van der Waals surface area (Å²) >= 11 is 0. The number of halogens is 2. The predicted octanol–water partition coefficient (Wildman–Crippen LogP) is 2.86. The van der Waals surface area contributed by atoms with Gasteiger partial charge in [0.2, 0.25) is 11.8 Å². The minimum atomic E-state index is -0.724. The maximum Gasteiger partial charge on any atom is 0.225 e. The lowest BCUT2D eigenvalue weighted by Gasteiger charge is -2.05. The summed E-state index contributed by atoms with van der Waals surface area (Å²) in [7, 11) is 0. The number of rotatable bonds is 2. The van der Waals surface area contributed by atoms with E-state index < -0.39 is 11.8 Å². The highest BCUT2D eigenvalue weighted by Gasteiger charge is 2.06. The average molecular weight is 222 g/mol. The average Bonchev–Trinajstić information content (AvgIpc) is 2.24. The van der Waals surface area contributed by atoms with Gasteiger partial charge in [0.05, 0.1) is 6.07 Å². The van der Waals surface area contributed by atoms with Crippen LogP contribution in [0.25, 0.3) is 0 Å². The van der Waals surface area contributed by atoms with Crippen LogP contribution in [0.1, 0.15) is 5.56 Å². The Hall–Kier alpha value is -2.04. The van der Waals surface area contributed by atoms with Gasteiger partial charge < -0.3 is 4.74 Å². The first kappa shape index (κ1) is 10.5. The number of ether oxygens (including phenoxy) is 1. The molecule has 0 amide bonds. The molecule has 2 rings (SSSR count). The lowest BCUT2D eigenvalue weighted by atomic mass is 10.2. The quantitative estimate of drug-likeness (QED) is 0.733.